The van der Waals surface area contributed by atoms with E-state index in [-0.39, 0.29) is 6.10 Å². The normalized spacial score (nSPS) is 19.4. The Kier molecular flexibility index (Phi) is 6.32. The van der Waals surface area contributed by atoms with E-state index in [0.717, 1.165) is 50.5 Å². The van der Waals surface area contributed by atoms with E-state index in [1.165, 1.54) is 36.4 Å². The zero-order valence-corrected chi connectivity index (χ0v) is 17.0. The third kappa shape index (κ3) is 5.03. The summed E-state index contributed by atoms with van der Waals surface area (Å²) in [7, 11) is 1.70. The number of piperidine rings is 1. The fourth-order valence-corrected chi connectivity index (χ4v) is 5.01. The van der Waals surface area contributed by atoms with E-state index < -0.39 is 0 Å². The molecule has 27 heavy (non-hydrogen) atoms. The van der Waals surface area contributed by atoms with Crippen molar-refractivity contribution in [2.75, 3.05) is 33.3 Å². The predicted octanol–water partition coefficient (Wildman–Crippen LogP) is 4.40. The van der Waals surface area contributed by atoms with Crippen molar-refractivity contribution >= 4 is 11.3 Å². The molecule has 3 heterocycles. The van der Waals surface area contributed by atoms with Crippen molar-refractivity contribution in [3.05, 3.63) is 46.2 Å². The molecule has 0 amide bonds. The Morgan fingerprint density at radius 1 is 0.963 bits per heavy atom. The molecule has 0 bridgehead atoms. The van der Waals surface area contributed by atoms with E-state index >= 15 is 0 Å². The second kappa shape index (κ2) is 9.09. The highest BCUT2D eigenvalue weighted by Gasteiger charge is 2.22. The largest absolute Gasteiger partial charge is 0.493 e. The molecule has 4 nitrogen and oxygen atoms in total. The van der Waals surface area contributed by atoms with Crippen molar-refractivity contribution in [3.8, 4) is 11.5 Å². The molecule has 0 unspecified atom stereocenters. The lowest BCUT2D eigenvalue weighted by atomic mass is 10.1. The lowest BCUT2D eigenvalue weighted by Gasteiger charge is -2.32. The van der Waals surface area contributed by atoms with E-state index in [0.29, 0.717) is 0 Å². The lowest BCUT2D eigenvalue weighted by Crippen LogP contribution is -2.37. The number of hydrogen-bond donors (Lipinski definition) is 0. The van der Waals surface area contributed by atoms with E-state index in [1.54, 1.807) is 7.11 Å². The molecule has 0 aliphatic carbocycles. The first kappa shape index (κ1) is 18.8. The van der Waals surface area contributed by atoms with Gasteiger partial charge in [-0.1, -0.05) is 12.1 Å². The minimum Gasteiger partial charge on any atom is -0.493 e. The molecule has 0 spiro atoms. The van der Waals surface area contributed by atoms with Gasteiger partial charge in [-0.25, -0.2) is 0 Å². The second-order valence-electron chi connectivity index (χ2n) is 7.65. The highest BCUT2D eigenvalue weighted by molar-refractivity contribution is 7.10. The molecule has 2 aliphatic rings. The number of benzene rings is 1. The summed E-state index contributed by atoms with van der Waals surface area (Å²) in [5.41, 5.74) is 1.49. The molecule has 0 saturated carbocycles. The summed E-state index contributed by atoms with van der Waals surface area (Å²) in [6.07, 6.45) is 5.16. The van der Waals surface area contributed by atoms with Gasteiger partial charge in [0.15, 0.2) is 11.5 Å². The van der Waals surface area contributed by atoms with E-state index in [9.17, 15) is 0 Å². The Morgan fingerprint density at radius 3 is 2.41 bits per heavy atom. The predicted molar refractivity (Wildman–Crippen MR) is 111 cm³/mol. The van der Waals surface area contributed by atoms with Gasteiger partial charge in [-0.15, -0.1) is 11.3 Å². The fraction of sp³-hybridized carbons (Fsp3) is 0.545. The molecule has 1 aromatic carbocycles. The molecule has 0 atom stereocenters. The molecule has 2 aromatic rings. The van der Waals surface area contributed by atoms with Crippen LogP contribution in [0.15, 0.2) is 35.7 Å². The van der Waals surface area contributed by atoms with Crippen LogP contribution in [0.5, 0.6) is 11.5 Å². The van der Waals surface area contributed by atoms with Gasteiger partial charge in [0.2, 0.25) is 0 Å². The first-order valence-electron chi connectivity index (χ1n) is 10.1. The maximum absolute atomic E-state index is 6.20. The van der Waals surface area contributed by atoms with Crippen LogP contribution in [-0.4, -0.2) is 49.2 Å². The topological polar surface area (TPSA) is 24.9 Å². The van der Waals surface area contributed by atoms with Crippen molar-refractivity contribution in [2.45, 2.75) is 44.9 Å². The van der Waals surface area contributed by atoms with Crippen LogP contribution >= 0.6 is 11.3 Å². The molecular weight excluding hydrogens is 356 g/mol. The molecule has 0 N–H and O–H groups in total. The molecule has 2 saturated heterocycles. The fourth-order valence-electron chi connectivity index (χ4n) is 4.09. The monoisotopic (exact) mass is 386 g/mol. The zero-order chi connectivity index (χ0) is 18.5. The average molecular weight is 387 g/mol. The number of rotatable bonds is 7. The number of hydrogen-bond acceptors (Lipinski definition) is 5. The Balaban J connectivity index is 1.24. The maximum Gasteiger partial charge on any atom is 0.161 e. The maximum atomic E-state index is 6.20. The number of thiophene rings is 1. The highest BCUT2D eigenvalue weighted by Crippen LogP contribution is 2.29. The van der Waals surface area contributed by atoms with Crippen LogP contribution in [0, 0.1) is 0 Å². The summed E-state index contributed by atoms with van der Waals surface area (Å²) in [5.74, 6) is 1.69. The van der Waals surface area contributed by atoms with Crippen LogP contribution < -0.4 is 9.47 Å². The van der Waals surface area contributed by atoms with Crippen LogP contribution in [0.1, 0.15) is 36.1 Å². The van der Waals surface area contributed by atoms with Crippen molar-refractivity contribution in [1.82, 2.24) is 9.80 Å². The molecule has 2 fully saturated rings. The third-order valence-electron chi connectivity index (χ3n) is 5.59. The van der Waals surface area contributed by atoms with Gasteiger partial charge in [0.25, 0.3) is 0 Å². The van der Waals surface area contributed by atoms with Gasteiger partial charge in [0.1, 0.15) is 6.10 Å². The first-order valence-corrected chi connectivity index (χ1v) is 11.0. The SMILES string of the molecule is COc1ccccc1OC1CCN(Cc2cc(CN3CCCC3)cs2)CC1. The van der Waals surface area contributed by atoms with Crippen molar-refractivity contribution in [1.29, 1.82) is 0 Å². The summed E-state index contributed by atoms with van der Waals surface area (Å²) in [6, 6.07) is 10.4. The smallest absolute Gasteiger partial charge is 0.161 e. The number of nitrogens with zero attached hydrogens (tertiary/aromatic N) is 2. The molecule has 0 radical (unpaired) electrons. The summed E-state index contributed by atoms with van der Waals surface area (Å²) in [5, 5.41) is 2.35. The van der Waals surface area contributed by atoms with E-state index in [2.05, 4.69) is 21.2 Å². The number of likely N-dealkylation sites (tertiary alicyclic amines) is 2. The number of para-hydroxylation sites is 2. The number of ether oxygens (including phenoxy) is 2. The first-order chi connectivity index (χ1) is 13.3. The summed E-state index contributed by atoms with van der Waals surface area (Å²) in [6.45, 7) is 6.94. The molecule has 1 aromatic heterocycles. The quantitative estimate of drug-likeness (QED) is 0.704. The molecule has 5 heteroatoms. The van der Waals surface area contributed by atoms with Crippen LogP contribution in [0.4, 0.5) is 0 Å². The van der Waals surface area contributed by atoms with E-state index in [4.69, 9.17) is 9.47 Å². The third-order valence-corrected chi connectivity index (χ3v) is 6.56. The summed E-state index contributed by atoms with van der Waals surface area (Å²) < 4.78 is 11.6. The minimum atomic E-state index is 0.284. The Bertz CT molecular complexity index is 719. The second-order valence-corrected chi connectivity index (χ2v) is 8.64. The molecule has 146 valence electrons. The molecular formula is C22H30N2O2S. The van der Waals surface area contributed by atoms with Gasteiger partial charge < -0.3 is 9.47 Å². The summed E-state index contributed by atoms with van der Waals surface area (Å²) in [4.78, 5) is 6.63. The van der Waals surface area contributed by atoms with Gasteiger partial charge in [-0.3, -0.25) is 9.80 Å². The van der Waals surface area contributed by atoms with Gasteiger partial charge >= 0.3 is 0 Å². The molecule has 2 aliphatic heterocycles. The molecule has 4 rings (SSSR count). The minimum absolute atomic E-state index is 0.284. The standard InChI is InChI=1S/C22H30N2O2S/c1-25-21-6-2-3-7-22(21)26-19-8-12-24(13-9-19)16-20-14-18(17-27-20)15-23-10-4-5-11-23/h2-3,6-7,14,17,19H,4-5,8-13,15-16H2,1H3. The Labute approximate surface area is 166 Å². The Hall–Kier alpha value is -1.56. The number of methoxy groups -OCH3 is 1. The Morgan fingerprint density at radius 2 is 1.67 bits per heavy atom. The van der Waals surface area contributed by atoms with Crippen LogP contribution in [0.3, 0.4) is 0 Å². The van der Waals surface area contributed by atoms with Crippen LogP contribution in [0.2, 0.25) is 0 Å². The summed E-state index contributed by atoms with van der Waals surface area (Å²) >= 11 is 1.92. The van der Waals surface area contributed by atoms with E-state index in [1.807, 2.05) is 35.6 Å². The van der Waals surface area contributed by atoms with Crippen molar-refractivity contribution < 1.29 is 9.47 Å². The lowest BCUT2D eigenvalue weighted by molar-refractivity contribution is 0.0948. The van der Waals surface area contributed by atoms with Gasteiger partial charge in [0.05, 0.1) is 7.11 Å². The zero-order valence-electron chi connectivity index (χ0n) is 16.2. The highest BCUT2D eigenvalue weighted by atomic mass is 32.1. The van der Waals surface area contributed by atoms with Gasteiger partial charge in [-0.05, 0) is 67.9 Å². The van der Waals surface area contributed by atoms with Crippen LogP contribution in [0.25, 0.3) is 0 Å². The van der Waals surface area contributed by atoms with Crippen LogP contribution in [-0.2, 0) is 13.1 Å². The van der Waals surface area contributed by atoms with Crippen molar-refractivity contribution in [2.24, 2.45) is 0 Å². The average Bonchev–Trinajstić information content (AvgIpc) is 3.36. The van der Waals surface area contributed by atoms with Gasteiger partial charge in [0, 0.05) is 31.1 Å². The van der Waals surface area contributed by atoms with Gasteiger partial charge in [-0.2, -0.15) is 0 Å². The van der Waals surface area contributed by atoms with Crippen molar-refractivity contribution in [3.63, 3.8) is 0 Å².